The Morgan fingerprint density at radius 1 is 0.818 bits per heavy atom. The summed E-state index contributed by atoms with van der Waals surface area (Å²) in [6.45, 7) is 0.907. The minimum absolute atomic E-state index is 0.128. The van der Waals surface area contributed by atoms with Gasteiger partial charge in [0.25, 0.3) is 11.1 Å². The van der Waals surface area contributed by atoms with E-state index in [1.807, 2.05) is 54.6 Å². The van der Waals surface area contributed by atoms with E-state index in [-0.39, 0.29) is 17.7 Å². The Labute approximate surface area is 205 Å². The SMILES string of the molecule is O=C1S/C(=C/c2cccc(OCCOc3ccccc3)c2)C(=O)N1Cc1ccc(Cl)c(Cl)c1. The largest absolute Gasteiger partial charge is 0.490 e. The molecule has 2 amide bonds. The minimum atomic E-state index is -0.348. The number of thioether (sulfide) groups is 1. The summed E-state index contributed by atoms with van der Waals surface area (Å²) in [4.78, 5) is 26.8. The van der Waals surface area contributed by atoms with Gasteiger partial charge in [0.2, 0.25) is 0 Å². The molecule has 0 spiro atoms. The van der Waals surface area contributed by atoms with Gasteiger partial charge in [-0.15, -0.1) is 0 Å². The smallest absolute Gasteiger partial charge is 0.293 e. The van der Waals surface area contributed by atoms with Crippen molar-refractivity contribution < 1.29 is 19.1 Å². The zero-order valence-electron chi connectivity index (χ0n) is 17.4. The first-order chi connectivity index (χ1) is 16.0. The van der Waals surface area contributed by atoms with E-state index >= 15 is 0 Å². The van der Waals surface area contributed by atoms with Crippen LogP contribution < -0.4 is 9.47 Å². The summed E-state index contributed by atoms with van der Waals surface area (Å²) < 4.78 is 11.4. The fraction of sp³-hybridized carbons (Fsp3) is 0.120. The molecule has 0 radical (unpaired) electrons. The van der Waals surface area contributed by atoms with Crippen LogP contribution in [0.4, 0.5) is 4.79 Å². The number of ether oxygens (including phenoxy) is 2. The molecule has 0 aromatic heterocycles. The second-order valence-corrected chi connectivity index (χ2v) is 8.91. The van der Waals surface area contributed by atoms with Crippen LogP contribution in [0, 0.1) is 0 Å². The molecule has 1 saturated heterocycles. The van der Waals surface area contributed by atoms with E-state index in [1.165, 1.54) is 4.90 Å². The summed E-state index contributed by atoms with van der Waals surface area (Å²) in [6.07, 6.45) is 1.69. The Bertz CT molecular complexity index is 1200. The molecule has 0 unspecified atom stereocenters. The first-order valence-corrected chi connectivity index (χ1v) is 11.7. The van der Waals surface area contributed by atoms with Crippen LogP contribution in [0.2, 0.25) is 10.0 Å². The third-order valence-corrected chi connectivity index (χ3v) is 6.36. The molecule has 3 aromatic rings. The standard InChI is InChI=1S/C25H19Cl2NO4S/c26-21-10-9-18(14-22(21)27)16-28-24(29)23(33-25(28)30)15-17-5-4-8-20(13-17)32-12-11-31-19-6-2-1-3-7-19/h1-10,13-15H,11-12,16H2/b23-15+. The number of carbonyl (C=O) groups is 2. The van der Waals surface area contributed by atoms with Gasteiger partial charge in [-0.1, -0.05) is 59.6 Å². The Morgan fingerprint density at radius 2 is 1.55 bits per heavy atom. The molecule has 0 N–H and O–H groups in total. The quantitative estimate of drug-likeness (QED) is 0.255. The van der Waals surface area contributed by atoms with E-state index in [2.05, 4.69) is 0 Å². The summed E-state index contributed by atoms with van der Waals surface area (Å²) in [6, 6.07) is 21.9. The van der Waals surface area contributed by atoms with Crippen molar-refractivity contribution in [3.63, 3.8) is 0 Å². The zero-order valence-corrected chi connectivity index (χ0v) is 19.7. The van der Waals surface area contributed by atoms with Crippen molar-refractivity contribution in [3.8, 4) is 11.5 Å². The molecule has 4 rings (SSSR count). The fourth-order valence-electron chi connectivity index (χ4n) is 3.14. The lowest BCUT2D eigenvalue weighted by Gasteiger charge is -2.13. The van der Waals surface area contributed by atoms with Crippen LogP contribution in [0.25, 0.3) is 6.08 Å². The van der Waals surface area contributed by atoms with Gasteiger partial charge in [-0.05, 0) is 65.4 Å². The molecule has 5 nitrogen and oxygen atoms in total. The number of nitrogens with zero attached hydrogens (tertiary/aromatic N) is 1. The third-order valence-electron chi connectivity index (χ3n) is 4.72. The van der Waals surface area contributed by atoms with Crippen LogP contribution in [0.5, 0.6) is 11.5 Å². The number of benzene rings is 3. The van der Waals surface area contributed by atoms with Crippen molar-refractivity contribution >= 4 is 52.2 Å². The van der Waals surface area contributed by atoms with Gasteiger partial charge in [0.05, 0.1) is 21.5 Å². The number of hydrogen-bond acceptors (Lipinski definition) is 5. The molecule has 1 aliphatic heterocycles. The number of imide groups is 1. The van der Waals surface area contributed by atoms with E-state index in [0.717, 1.165) is 28.6 Å². The normalized spacial score (nSPS) is 14.7. The number of amides is 2. The van der Waals surface area contributed by atoms with Gasteiger partial charge < -0.3 is 9.47 Å². The summed E-state index contributed by atoms with van der Waals surface area (Å²) in [7, 11) is 0. The van der Waals surface area contributed by atoms with Crippen molar-refractivity contribution in [3.05, 3.63) is 98.9 Å². The van der Waals surface area contributed by atoms with Crippen molar-refractivity contribution in [2.75, 3.05) is 13.2 Å². The molecular formula is C25H19Cl2NO4S. The highest BCUT2D eigenvalue weighted by Gasteiger charge is 2.35. The first kappa shape index (κ1) is 23.2. The number of rotatable bonds is 8. The number of carbonyl (C=O) groups excluding carboxylic acids is 2. The summed E-state index contributed by atoms with van der Waals surface area (Å²) in [5.41, 5.74) is 1.48. The first-order valence-electron chi connectivity index (χ1n) is 10.1. The zero-order chi connectivity index (χ0) is 23.2. The van der Waals surface area contributed by atoms with Gasteiger partial charge in [0, 0.05) is 0 Å². The highest BCUT2D eigenvalue weighted by molar-refractivity contribution is 8.18. The van der Waals surface area contributed by atoms with Crippen LogP contribution in [0.3, 0.4) is 0 Å². The predicted octanol–water partition coefficient (Wildman–Crippen LogP) is 6.69. The summed E-state index contributed by atoms with van der Waals surface area (Å²) >= 11 is 12.9. The second kappa shape index (κ2) is 10.8. The molecule has 0 bridgehead atoms. The van der Waals surface area contributed by atoms with Crippen molar-refractivity contribution in [1.82, 2.24) is 4.90 Å². The molecule has 1 fully saturated rings. The molecule has 0 saturated carbocycles. The van der Waals surface area contributed by atoms with E-state index < -0.39 is 0 Å². The predicted molar refractivity (Wildman–Crippen MR) is 132 cm³/mol. The van der Waals surface area contributed by atoms with Crippen molar-refractivity contribution in [2.45, 2.75) is 6.54 Å². The molecule has 0 aliphatic carbocycles. The Hall–Kier alpha value is -2.93. The maximum absolute atomic E-state index is 12.8. The molecule has 33 heavy (non-hydrogen) atoms. The monoisotopic (exact) mass is 499 g/mol. The van der Waals surface area contributed by atoms with Gasteiger partial charge in [-0.2, -0.15) is 0 Å². The second-order valence-electron chi connectivity index (χ2n) is 7.10. The summed E-state index contributed by atoms with van der Waals surface area (Å²) in [5, 5.41) is 0.466. The lowest BCUT2D eigenvalue weighted by atomic mass is 10.2. The number of hydrogen-bond donors (Lipinski definition) is 0. The van der Waals surface area contributed by atoms with Crippen LogP contribution in [-0.4, -0.2) is 29.3 Å². The average molecular weight is 500 g/mol. The maximum atomic E-state index is 12.8. The minimum Gasteiger partial charge on any atom is -0.490 e. The van der Waals surface area contributed by atoms with E-state index in [4.69, 9.17) is 32.7 Å². The van der Waals surface area contributed by atoms with Crippen LogP contribution >= 0.6 is 35.0 Å². The Balaban J connectivity index is 1.37. The Kier molecular flexibility index (Phi) is 7.60. The molecule has 1 heterocycles. The average Bonchev–Trinajstić information content (AvgIpc) is 3.07. The van der Waals surface area contributed by atoms with Gasteiger partial charge in [-0.25, -0.2) is 0 Å². The summed E-state index contributed by atoms with van der Waals surface area (Å²) in [5.74, 6) is 1.08. The lowest BCUT2D eigenvalue weighted by Crippen LogP contribution is -2.27. The van der Waals surface area contributed by atoms with Gasteiger partial charge in [-0.3, -0.25) is 14.5 Å². The maximum Gasteiger partial charge on any atom is 0.293 e. The number of halogens is 2. The molecular weight excluding hydrogens is 481 g/mol. The van der Waals surface area contributed by atoms with Crippen molar-refractivity contribution in [1.29, 1.82) is 0 Å². The van der Waals surface area contributed by atoms with Gasteiger partial charge in [0.15, 0.2) is 0 Å². The van der Waals surface area contributed by atoms with Crippen molar-refractivity contribution in [2.24, 2.45) is 0 Å². The molecule has 8 heteroatoms. The topological polar surface area (TPSA) is 55.8 Å². The van der Waals surface area contributed by atoms with Gasteiger partial charge >= 0.3 is 0 Å². The lowest BCUT2D eigenvalue weighted by molar-refractivity contribution is -0.123. The molecule has 168 valence electrons. The number of para-hydroxylation sites is 1. The van der Waals surface area contributed by atoms with Crippen LogP contribution in [0.15, 0.2) is 77.7 Å². The van der Waals surface area contributed by atoms with E-state index in [1.54, 1.807) is 24.3 Å². The highest BCUT2D eigenvalue weighted by atomic mass is 35.5. The molecule has 0 atom stereocenters. The fourth-order valence-corrected chi connectivity index (χ4v) is 4.30. The molecule has 1 aliphatic rings. The third kappa shape index (κ3) is 6.11. The van der Waals surface area contributed by atoms with E-state index in [9.17, 15) is 9.59 Å². The van der Waals surface area contributed by atoms with E-state index in [0.29, 0.717) is 33.9 Å². The highest BCUT2D eigenvalue weighted by Crippen LogP contribution is 2.34. The van der Waals surface area contributed by atoms with Crippen LogP contribution in [0.1, 0.15) is 11.1 Å². The van der Waals surface area contributed by atoms with Gasteiger partial charge in [0.1, 0.15) is 24.7 Å². The molecule has 3 aromatic carbocycles. The Morgan fingerprint density at radius 3 is 2.30 bits per heavy atom. The van der Waals surface area contributed by atoms with Crippen LogP contribution in [-0.2, 0) is 11.3 Å².